The van der Waals surface area contributed by atoms with Crippen LogP contribution in [0.15, 0.2) is 4.99 Å². The molecule has 1 aliphatic heterocycles. The Hall–Kier alpha value is -0.690. The molecule has 2 unspecified atom stereocenters. The third kappa shape index (κ3) is 1.09. The van der Waals surface area contributed by atoms with Crippen molar-refractivity contribution >= 4 is 6.34 Å². The van der Waals surface area contributed by atoms with E-state index in [0.717, 1.165) is 6.34 Å². The fourth-order valence-corrected chi connectivity index (χ4v) is 0.641. The molecule has 0 aromatic heterocycles. The standard InChI is InChI=1S/C4H8N2O4/c7-2-3(8)6(1-5-2)4(9)10/h1-4,7-10H. The smallest absolute Gasteiger partial charge is 0.238 e. The van der Waals surface area contributed by atoms with Crippen molar-refractivity contribution in [3.8, 4) is 0 Å². The first-order valence-electron chi connectivity index (χ1n) is 2.66. The monoisotopic (exact) mass is 148 g/mol. The Bertz CT molecular complexity index is 148. The largest absolute Gasteiger partial charge is 0.369 e. The molecule has 58 valence electrons. The second-order valence-corrected chi connectivity index (χ2v) is 1.89. The van der Waals surface area contributed by atoms with Crippen molar-refractivity contribution in [1.82, 2.24) is 4.90 Å². The number of nitrogens with zero attached hydrogens (tertiary/aromatic N) is 2. The molecule has 4 N–H and O–H groups in total. The van der Waals surface area contributed by atoms with Gasteiger partial charge in [0.15, 0.2) is 12.5 Å². The van der Waals surface area contributed by atoms with Crippen LogP contribution in [-0.4, -0.2) is 50.5 Å². The zero-order valence-electron chi connectivity index (χ0n) is 4.99. The third-order valence-corrected chi connectivity index (χ3v) is 1.19. The molecule has 0 radical (unpaired) electrons. The van der Waals surface area contributed by atoms with E-state index in [4.69, 9.17) is 20.4 Å². The third-order valence-electron chi connectivity index (χ3n) is 1.19. The van der Waals surface area contributed by atoms with Gasteiger partial charge in [-0.05, 0) is 0 Å². The van der Waals surface area contributed by atoms with Crippen LogP contribution in [0.3, 0.4) is 0 Å². The Labute approximate surface area is 56.7 Å². The Morgan fingerprint density at radius 1 is 1.40 bits per heavy atom. The van der Waals surface area contributed by atoms with Crippen molar-refractivity contribution < 1.29 is 20.4 Å². The summed E-state index contributed by atoms with van der Waals surface area (Å²) in [5.74, 6) is 0. The number of aliphatic hydroxyl groups is 4. The van der Waals surface area contributed by atoms with E-state index in [0.29, 0.717) is 4.90 Å². The molecule has 0 saturated carbocycles. The molecule has 1 aliphatic rings. The minimum atomic E-state index is -1.82. The molecule has 1 rings (SSSR count). The quantitative estimate of drug-likeness (QED) is 0.302. The van der Waals surface area contributed by atoms with Crippen LogP contribution in [0.25, 0.3) is 0 Å². The first kappa shape index (κ1) is 7.42. The van der Waals surface area contributed by atoms with Gasteiger partial charge in [0.25, 0.3) is 0 Å². The number of aliphatic hydroxyl groups excluding tert-OH is 3. The van der Waals surface area contributed by atoms with E-state index in [9.17, 15) is 0 Å². The molecule has 0 aromatic rings. The van der Waals surface area contributed by atoms with E-state index < -0.39 is 18.9 Å². The molecule has 6 heteroatoms. The molecular weight excluding hydrogens is 140 g/mol. The predicted octanol–water partition coefficient (Wildman–Crippen LogP) is -2.76. The molecule has 0 amide bonds. The van der Waals surface area contributed by atoms with Crippen molar-refractivity contribution in [3.05, 3.63) is 0 Å². The highest BCUT2D eigenvalue weighted by Crippen LogP contribution is 2.09. The highest BCUT2D eigenvalue weighted by atomic mass is 16.5. The maximum Gasteiger partial charge on any atom is 0.238 e. The van der Waals surface area contributed by atoms with Gasteiger partial charge in [0.05, 0.1) is 6.34 Å². The number of hydrogen-bond acceptors (Lipinski definition) is 6. The van der Waals surface area contributed by atoms with Crippen molar-refractivity contribution in [2.75, 3.05) is 0 Å². The summed E-state index contributed by atoms with van der Waals surface area (Å²) in [5.41, 5.74) is 0. The molecule has 0 aromatic carbocycles. The minimum Gasteiger partial charge on any atom is -0.369 e. The van der Waals surface area contributed by atoms with E-state index in [-0.39, 0.29) is 0 Å². The van der Waals surface area contributed by atoms with Crippen LogP contribution < -0.4 is 0 Å². The lowest BCUT2D eigenvalue weighted by Crippen LogP contribution is -2.42. The molecular formula is C4H8N2O4. The van der Waals surface area contributed by atoms with Crippen LogP contribution in [0.4, 0.5) is 0 Å². The Morgan fingerprint density at radius 2 is 2.00 bits per heavy atom. The van der Waals surface area contributed by atoms with Gasteiger partial charge >= 0.3 is 0 Å². The molecule has 0 bridgehead atoms. The zero-order chi connectivity index (χ0) is 7.72. The van der Waals surface area contributed by atoms with Gasteiger partial charge in [-0.2, -0.15) is 0 Å². The summed E-state index contributed by atoms with van der Waals surface area (Å²) in [4.78, 5) is 4.02. The average molecular weight is 148 g/mol. The van der Waals surface area contributed by atoms with Gasteiger partial charge in [0.1, 0.15) is 0 Å². The van der Waals surface area contributed by atoms with Gasteiger partial charge in [0.2, 0.25) is 6.41 Å². The van der Waals surface area contributed by atoms with Crippen LogP contribution in [0.5, 0.6) is 0 Å². The normalized spacial score (nSPS) is 32.3. The second-order valence-electron chi connectivity index (χ2n) is 1.89. The van der Waals surface area contributed by atoms with E-state index in [1.54, 1.807) is 0 Å². The van der Waals surface area contributed by atoms with Gasteiger partial charge in [-0.3, -0.25) is 4.90 Å². The number of rotatable bonds is 1. The summed E-state index contributed by atoms with van der Waals surface area (Å²) < 4.78 is 0. The fourth-order valence-electron chi connectivity index (χ4n) is 0.641. The van der Waals surface area contributed by atoms with Crippen molar-refractivity contribution in [3.63, 3.8) is 0 Å². The molecule has 1 heterocycles. The van der Waals surface area contributed by atoms with Gasteiger partial charge in [0, 0.05) is 0 Å². The van der Waals surface area contributed by atoms with Crippen molar-refractivity contribution in [2.45, 2.75) is 18.9 Å². The second kappa shape index (κ2) is 2.51. The summed E-state index contributed by atoms with van der Waals surface area (Å²) >= 11 is 0. The summed E-state index contributed by atoms with van der Waals surface area (Å²) in [5, 5.41) is 34.5. The van der Waals surface area contributed by atoms with Gasteiger partial charge in [-0.15, -0.1) is 0 Å². The highest BCUT2D eigenvalue weighted by molar-refractivity contribution is 5.57. The molecule has 0 spiro atoms. The van der Waals surface area contributed by atoms with Crippen LogP contribution in [0.1, 0.15) is 0 Å². The Kier molecular flexibility index (Phi) is 1.86. The minimum absolute atomic E-state index is 0.713. The average Bonchev–Trinajstić information content (AvgIpc) is 2.14. The maximum atomic E-state index is 8.86. The first-order valence-corrected chi connectivity index (χ1v) is 2.66. The SMILES string of the molecule is OC1N=CN(C(O)O)C1O. The number of aliphatic imine (C=N–C) groups is 1. The maximum absolute atomic E-state index is 8.86. The van der Waals surface area contributed by atoms with Crippen LogP contribution in [0, 0.1) is 0 Å². The molecule has 0 aliphatic carbocycles. The lowest BCUT2D eigenvalue weighted by atomic mass is 10.5. The lowest BCUT2D eigenvalue weighted by molar-refractivity contribution is -0.181. The zero-order valence-corrected chi connectivity index (χ0v) is 4.99. The molecule has 10 heavy (non-hydrogen) atoms. The topological polar surface area (TPSA) is 96.5 Å². The molecule has 0 fully saturated rings. The predicted molar refractivity (Wildman–Crippen MR) is 30.6 cm³/mol. The summed E-state index contributed by atoms with van der Waals surface area (Å²) in [6, 6.07) is 0. The van der Waals surface area contributed by atoms with E-state index in [1.807, 2.05) is 0 Å². The van der Waals surface area contributed by atoms with Gasteiger partial charge in [-0.1, -0.05) is 0 Å². The summed E-state index contributed by atoms with van der Waals surface area (Å²) in [6.45, 7) is 0. The first-order chi connectivity index (χ1) is 4.63. The Balaban J connectivity index is 2.58. The Morgan fingerprint density at radius 3 is 2.20 bits per heavy atom. The summed E-state index contributed by atoms with van der Waals surface area (Å²) in [7, 11) is 0. The summed E-state index contributed by atoms with van der Waals surface area (Å²) in [6.07, 6.45) is -3.50. The van der Waals surface area contributed by atoms with Crippen LogP contribution >= 0.6 is 0 Å². The van der Waals surface area contributed by atoms with Gasteiger partial charge in [-0.25, -0.2) is 4.99 Å². The van der Waals surface area contributed by atoms with E-state index >= 15 is 0 Å². The van der Waals surface area contributed by atoms with E-state index in [2.05, 4.69) is 4.99 Å². The van der Waals surface area contributed by atoms with Crippen molar-refractivity contribution in [2.24, 2.45) is 4.99 Å². The number of hydrogen-bond donors (Lipinski definition) is 4. The lowest BCUT2D eigenvalue weighted by Gasteiger charge is -2.21. The molecule has 6 nitrogen and oxygen atoms in total. The fraction of sp³-hybridized carbons (Fsp3) is 0.750. The van der Waals surface area contributed by atoms with Gasteiger partial charge < -0.3 is 20.4 Å². The van der Waals surface area contributed by atoms with E-state index in [1.165, 1.54) is 0 Å². The highest BCUT2D eigenvalue weighted by Gasteiger charge is 2.29. The van der Waals surface area contributed by atoms with Crippen LogP contribution in [0.2, 0.25) is 0 Å². The molecule has 2 atom stereocenters. The molecule has 0 saturated heterocycles. The van der Waals surface area contributed by atoms with Crippen molar-refractivity contribution in [1.29, 1.82) is 0 Å². The van der Waals surface area contributed by atoms with Crippen LogP contribution in [-0.2, 0) is 0 Å².